The van der Waals surface area contributed by atoms with Gasteiger partial charge in [0.2, 0.25) is 0 Å². The zero-order valence-electron chi connectivity index (χ0n) is 14.1. The number of nitrogens with zero attached hydrogens (tertiary/aromatic N) is 5. The van der Waals surface area contributed by atoms with Gasteiger partial charge in [0.1, 0.15) is 6.33 Å². The molecule has 128 valence electrons. The summed E-state index contributed by atoms with van der Waals surface area (Å²) in [6.45, 7) is 3.88. The highest BCUT2D eigenvalue weighted by molar-refractivity contribution is 5.85. The van der Waals surface area contributed by atoms with Crippen LogP contribution in [0.15, 0.2) is 41.8 Å². The number of hydrazone groups is 1. The first kappa shape index (κ1) is 16.4. The SMILES string of the molecule is COc1cccc(/C=N/Nc2cc(-n3nc(C)cc3C)ncn2)c1O. The minimum Gasteiger partial charge on any atom is -0.504 e. The van der Waals surface area contributed by atoms with Crippen LogP contribution in [-0.4, -0.2) is 38.2 Å². The van der Waals surface area contributed by atoms with Gasteiger partial charge in [-0.3, -0.25) is 5.43 Å². The third-order valence-electron chi connectivity index (χ3n) is 3.51. The molecule has 0 radical (unpaired) electrons. The van der Waals surface area contributed by atoms with E-state index < -0.39 is 0 Å². The predicted molar refractivity (Wildman–Crippen MR) is 94.5 cm³/mol. The van der Waals surface area contributed by atoms with Crippen molar-refractivity contribution < 1.29 is 9.84 Å². The maximum atomic E-state index is 10.0. The van der Waals surface area contributed by atoms with Crippen LogP contribution in [0, 0.1) is 13.8 Å². The molecule has 0 fully saturated rings. The number of hydrogen-bond donors (Lipinski definition) is 2. The monoisotopic (exact) mass is 338 g/mol. The molecule has 0 aliphatic carbocycles. The van der Waals surface area contributed by atoms with E-state index in [0.717, 1.165) is 11.4 Å². The molecule has 25 heavy (non-hydrogen) atoms. The van der Waals surface area contributed by atoms with Gasteiger partial charge >= 0.3 is 0 Å². The largest absolute Gasteiger partial charge is 0.504 e. The number of anilines is 1. The molecule has 0 bridgehead atoms. The minimum absolute atomic E-state index is 0.0292. The van der Waals surface area contributed by atoms with Crippen molar-refractivity contribution in [3.05, 3.63) is 53.6 Å². The number of rotatable bonds is 5. The molecule has 0 saturated heterocycles. The summed E-state index contributed by atoms with van der Waals surface area (Å²) in [6.07, 6.45) is 2.93. The Bertz CT molecular complexity index is 919. The zero-order valence-corrected chi connectivity index (χ0v) is 14.1. The predicted octanol–water partition coefficient (Wildman–Crippen LogP) is 2.44. The molecule has 0 aliphatic rings. The Morgan fingerprint density at radius 2 is 2.08 bits per heavy atom. The van der Waals surface area contributed by atoms with Crippen molar-refractivity contribution in [2.75, 3.05) is 12.5 Å². The van der Waals surface area contributed by atoms with Crippen LogP contribution in [0.5, 0.6) is 11.5 Å². The zero-order chi connectivity index (χ0) is 17.8. The highest BCUT2D eigenvalue weighted by atomic mass is 16.5. The number of aromatic hydroxyl groups is 1. The van der Waals surface area contributed by atoms with E-state index >= 15 is 0 Å². The second-order valence-corrected chi connectivity index (χ2v) is 5.37. The molecule has 3 rings (SSSR count). The van der Waals surface area contributed by atoms with E-state index in [1.807, 2.05) is 19.9 Å². The highest BCUT2D eigenvalue weighted by Gasteiger charge is 2.07. The van der Waals surface area contributed by atoms with E-state index in [1.165, 1.54) is 19.7 Å². The smallest absolute Gasteiger partial charge is 0.166 e. The fourth-order valence-electron chi connectivity index (χ4n) is 2.36. The van der Waals surface area contributed by atoms with Gasteiger partial charge in [-0.05, 0) is 32.0 Å². The summed E-state index contributed by atoms with van der Waals surface area (Å²) in [7, 11) is 1.50. The fraction of sp³-hybridized carbons (Fsp3) is 0.176. The second-order valence-electron chi connectivity index (χ2n) is 5.37. The van der Waals surface area contributed by atoms with E-state index in [9.17, 15) is 5.11 Å². The van der Waals surface area contributed by atoms with Gasteiger partial charge in [0.15, 0.2) is 23.1 Å². The van der Waals surface area contributed by atoms with E-state index in [2.05, 4.69) is 25.6 Å². The molecule has 0 unspecified atom stereocenters. The third kappa shape index (κ3) is 3.57. The Kier molecular flexibility index (Phi) is 4.60. The Hall–Kier alpha value is -3.42. The van der Waals surface area contributed by atoms with Crippen molar-refractivity contribution in [2.24, 2.45) is 5.10 Å². The molecule has 0 atom stereocenters. The average molecular weight is 338 g/mol. The van der Waals surface area contributed by atoms with Crippen LogP contribution < -0.4 is 10.2 Å². The molecule has 2 aromatic heterocycles. The van der Waals surface area contributed by atoms with E-state index in [0.29, 0.717) is 22.9 Å². The molecule has 0 saturated carbocycles. The quantitative estimate of drug-likeness (QED) is 0.548. The summed E-state index contributed by atoms with van der Waals surface area (Å²) >= 11 is 0. The first-order valence-electron chi connectivity index (χ1n) is 7.59. The first-order chi connectivity index (χ1) is 12.1. The number of phenols is 1. The van der Waals surface area contributed by atoms with Crippen LogP contribution in [0.2, 0.25) is 0 Å². The number of aromatic nitrogens is 4. The van der Waals surface area contributed by atoms with Crippen LogP contribution in [0.4, 0.5) is 5.82 Å². The normalized spacial score (nSPS) is 11.0. The number of nitrogens with one attached hydrogen (secondary N) is 1. The summed E-state index contributed by atoms with van der Waals surface area (Å²) in [4.78, 5) is 8.35. The number of hydrogen-bond acceptors (Lipinski definition) is 7. The van der Waals surface area contributed by atoms with Crippen molar-refractivity contribution in [3.8, 4) is 17.3 Å². The van der Waals surface area contributed by atoms with Gasteiger partial charge in [0, 0.05) is 17.3 Å². The lowest BCUT2D eigenvalue weighted by molar-refractivity contribution is 0.373. The molecule has 1 aromatic carbocycles. The van der Waals surface area contributed by atoms with Crippen molar-refractivity contribution in [1.29, 1.82) is 0 Å². The summed E-state index contributed by atoms with van der Waals surface area (Å²) < 4.78 is 6.80. The summed E-state index contributed by atoms with van der Waals surface area (Å²) in [6, 6.07) is 8.88. The van der Waals surface area contributed by atoms with Crippen molar-refractivity contribution >= 4 is 12.0 Å². The number of para-hydroxylation sites is 1. The van der Waals surface area contributed by atoms with Crippen LogP contribution in [-0.2, 0) is 0 Å². The molecule has 8 nitrogen and oxygen atoms in total. The van der Waals surface area contributed by atoms with Gasteiger partial charge in [0.25, 0.3) is 0 Å². The Morgan fingerprint density at radius 3 is 2.80 bits per heavy atom. The molecular weight excluding hydrogens is 320 g/mol. The Balaban J connectivity index is 1.78. The minimum atomic E-state index is 0.0292. The summed E-state index contributed by atoms with van der Waals surface area (Å²) in [5.41, 5.74) is 5.24. The molecule has 2 heterocycles. The number of methoxy groups -OCH3 is 1. The average Bonchev–Trinajstić information content (AvgIpc) is 2.95. The van der Waals surface area contributed by atoms with Crippen LogP contribution in [0.1, 0.15) is 17.0 Å². The van der Waals surface area contributed by atoms with Gasteiger partial charge in [-0.2, -0.15) is 10.2 Å². The number of phenolic OH excluding ortho intramolecular Hbond substituents is 1. The lowest BCUT2D eigenvalue weighted by Crippen LogP contribution is -2.04. The van der Waals surface area contributed by atoms with E-state index in [-0.39, 0.29) is 5.75 Å². The molecule has 0 spiro atoms. The number of aryl methyl sites for hydroxylation is 2. The Morgan fingerprint density at radius 1 is 1.24 bits per heavy atom. The number of benzene rings is 1. The first-order valence-corrected chi connectivity index (χ1v) is 7.59. The molecule has 0 amide bonds. The second kappa shape index (κ2) is 7.00. The standard InChI is InChI=1S/C17H18N6O2/c1-11-7-12(2)23(22-11)16-8-15(18-10-19-16)21-20-9-13-5-4-6-14(25-3)17(13)24/h4-10,24H,1-3H3,(H,18,19,21)/b20-9+. The topological polar surface area (TPSA) is 97.5 Å². The van der Waals surface area contributed by atoms with Crippen LogP contribution >= 0.6 is 0 Å². The fourth-order valence-corrected chi connectivity index (χ4v) is 2.36. The summed E-state index contributed by atoms with van der Waals surface area (Å²) in [5.74, 6) is 1.57. The number of ether oxygens (including phenoxy) is 1. The molecular formula is C17H18N6O2. The van der Waals surface area contributed by atoms with Crippen LogP contribution in [0.3, 0.4) is 0 Å². The van der Waals surface area contributed by atoms with Gasteiger partial charge in [-0.25, -0.2) is 14.6 Å². The van der Waals surface area contributed by atoms with E-state index in [4.69, 9.17) is 4.74 Å². The lowest BCUT2D eigenvalue weighted by Gasteiger charge is -2.06. The lowest BCUT2D eigenvalue weighted by atomic mass is 10.2. The van der Waals surface area contributed by atoms with E-state index in [1.54, 1.807) is 28.9 Å². The highest BCUT2D eigenvalue weighted by Crippen LogP contribution is 2.28. The maximum absolute atomic E-state index is 10.0. The third-order valence-corrected chi connectivity index (χ3v) is 3.51. The van der Waals surface area contributed by atoms with Crippen molar-refractivity contribution in [2.45, 2.75) is 13.8 Å². The maximum Gasteiger partial charge on any atom is 0.166 e. The van der Waals surface area contributed by atoms with Gasteiger partial charge in [-0.1, -0.05) is 6.07 Å². The van der Waals surface area contributed by atoms with Gasteiger partial charge < -0.3 is 9.84 Å². The van der Waals surface area contributed by atoms with Crippen LogP contribution in [0.25, 0.3) is 5.82 Å². The molecule has 2 N–H and O–H groups in total. The van der Waals surface area contributed by atoms with Crippen molar-refractivity contribution in [1.82, 2.24) is 19.7 Å². The van der Waals surface area contributed by atoms with Gasteiger partial charge in [-0.15, -0.1) is 0 Å². The van der Waals surface area contributed by atoms with Crippen molar-refractivity contribution in [3.63, 3.8) is 0 Å². The van der Waals surface area contributed by atoms with Gasteiger partial charge in [0.05, 0.1) is 19.0 Å². The molecule has 0 aliphatic heterocycles. The summed E-state index contributed by atoms with van der Waals surface area (Å²) in [5, 5.41) is 18.5. The molecule has 3 aromatic rings. The molecule has 8 heteroatoms. The Labute approximate surface area is 144 Å².